The Hall–Kier alpha value is -0.610. The van der Waals surface area contributed by atoms with E-state index in [0.717, 1.165) is 32.0 Å². The average molecular weight is 239 g/mol. The maximum atomic E-state index is 11.9. The number of hydrogen-bond acceptors (Lipinski definition) is 3. The molecule has 0 aromatic heterocycles. The maximum Gasteiger partial charge on any atom is 0.238 e. The van der Waals surface area contributed by atoms with Crippen molar-refractivity contribution in [2.45, 2.75) is 51.1 Å². The van der Waals surface area contributed by atoms with Gasteiger partial charge in [0.1, 0.15) is 0 Å². The zero-order valence-electron chi connectivity index (χ0n) is 10.8. The van der Waals surface area contributed by atoms with E-state index in [1.807, 2.05) is 0 Å². The van der Waals surface area contributed by atoms with Gasteiger partial charge in [-0.05, 0) is 19.3 Å². The van der Waals surface area contributed by atoms with E-state index in [-0.39, 0.29) is 11.9 Å². The van der Waals surface area contributed by atoms with Gasteiger partial charge in [-0.1, -0.05) is 25.7 Å². The Balaban J connectivity index is 1.60. The van der Waals surface area contributed by atoms with Crippen molar-refractivity contribution in [2.24, 2.45) is 5.92 Å². The van der Waals surface area contributed by atoms with Gasteiger partial charge in [0.15, 0.2) is 0 Å². The van der Waals surface area contributed by atoms with Crippen LogP contribution in [0.3, 0.4) is 0 Å². The van der Waals surface area contributed by atoms with Gasteiger partial charge >= 0.3 is 0 Å². The van der Waals surface area contributed by atoms with Crippen LogP contribution in [0.4, 0.5) is 0 Å². The largest absolute Gasteiger partial charge is 0.355 e. The van der Waals surface area contributed by atoms with Crippen LogP contribution in [-0.2, 0) is 4.79 Å². The minimum Gasteiger partial charge on any atom is -0.355 e. The maximum absolute atomic E-state index is 11.9. The molecule has 0 radical (unpaired) electrons. The lowest BCUT2D eigenvalue weighted by Crippen LogP contribution is -2.58. The topological polar surface area (TPSA) is 53.2 Å². The summed E-state index contributed by atoms with van der Waals surface area (Å²) in [7, 11) is 0. The molecule has 1 amide bonds. The van der Waals surface area contributed by atoms with E-state index in [0.29, 0.717) is 6.04 Å². The second-order valence-electron chi connectivity index (χ2n) is 5.50. The smallest absolute Gasteiger partial charge is 0.238 e. The Kier molecular flexibility index (Phi) is 4.80. The summed E-state index contributed by atoms with van der Waals surface area (Å²) in [6.07, 6.45) is 6.63. The van der Waals surface area contributed by atoms with Crippen molar-refractivity contribution in [2.75, 3.05) is 19.6 Å². The fraction of sp³-hybridized carbons (Fsp3) is 0.923. The molecule has 0 aromatic carbocycles. The van der Waals surface area contributed by atoms with Crippen molar-refractivity contribution in [1.82, 2.24) is 16.0 Å². The normalized spacial score (nSPS) is 30.4. The highest BCUT2D eigenvalue weighted by Crippen LogP contribution is 2.26. The molecule has 1 heterocycles. The van der Waals surface area contributed by atoms with Gasteiger partial charge < -0.3 is 16.0 Å². The third-order valence-electron chi connectivity index (χ3n) is 3.98. The second-order valence-corrected chi connectivity index (χ2v) is 5.50. The third kappa shape index (κ3) is 3.96. The molecule has 2 rings (SSSR count). The van der Waals surface area contributed by atoms with Crippen molar-refractivity contribution in [3.05, 3.63) is 0 Å². The first-order valence-corrected chi connectivity index (χ1v) is 7.00. The number of carbonyl (C=O) groups excluding carboxylic acids is 1. The number of rotatable bonds is 4. The van der Waals surface area contributed by atoms with E-state index in [1.165, 1.54) is 25.7 Å². The molecule has 1 saturated carbocycles. The molecule has 4 nitrogen and oxygen atoms in total. The summed E-state index contributed by atoms with van der Waals surface area (Å²) in [5.41, 5.74) is 0. The summed E-state index contributed by atoms with van der Waals surface area (Å²) in [6.45, 7) is 4.59. The lowest BCUT2D eigenvalue weighted by molar-refractivity contribution is -0.123. The van der Waals surface area contributed by atoms with Gasteiger partial charge in [-0.25, -0.2) is 0 Å². The average Bonchev–Trinajstić information content (AvgIpc) is 2.83. The van der Waals surface area contributed by atoms with Crippen molar-refractivity contribution >= 4 is 5.91 Å². The summed E-state index contributed by atoms with van der Waals surface area (Å²) >= 11 is 0. The number of amides is 1. The van der Waals surface area contributed by atoms with Crippen LogP contribution in [0.2, 0.25) is 0 Å². The van der Waals surface area contributed by atoms with E-state index in [4.69, 9.17) is 0 Å². The Morgan fingerprint density at radius 2 is 2.00 bits per heavy atom. The van der Waals surface area contributed by atoms with E-state index in [1.54, 1.807) is 0 Å². The molecule has 4 heteroatoms. The zero-order valence-corrected chi connectivity index (χ0v) is 10.8. The second kappa shape index (κ2) is 6.36. The summed E-state index contributed by atoms with van der Waals surface area (Å²) in [4.78, 5) is 11.9. The first kappa shape index (κ1) is 12.8. The highest BCUT2D eigenvalue weighted by atomic mass is 16.2. The van der Waals surface area contributed by atoms with E-state index in [2.05, 4.69) is 22.9 Å². The summed E-state index contributed by atoms with van der Waals surface area (Å²) in [5.74, 6) is 1.01. The van der Waals surface area contributed by atoms with Crippen molar-refractivity contribution < 1.29 is 4.79 Å². The van der Waals surface area contributed by atoms with Gasteiger partial charge in [0.25, 0.3) is 0 Å². The summed E-state index contributed by atoms with van der Waals surface area (Å²) in [5, 5.41) is 9.65. The van der Waals surface area contributed by atoms with Gasteiger partial charge in [0, 0.05) is 25.7 Å². The van der Waals surface area contributed by atoms with Gasteiger partial charge in [0.05, 0.1) is 6.04 Å². The van der Waals surface area contributed by atoms with E-state index in [9.17, 15) is 4.79 Å². The van der Waals surface area contributed by atoms with Crippen LogP contribution in [0.1, 0.15) is 39.0 Å². The van der Waals surface area contributed by atoms with Gasteiger partial charge in [-0.3, -0.25) is 4.79 Å². The Bertz CT molecular complexity index is 243. The number of piperazine rings is 1. The van der Waals surface area contributed by atoms with E-state index < -0.39 is 0 Å². The van der Waals surface area contributed by atoms with Gasteiger partial charge in [0.2, 0.25) is 5.91 Å². The molecule has 2 unspecified atom stereocenters. The zero-order chi connectivity index (χ0) is 12.1. The Morgan fingerprint density at radius 3 is 2.65 bits per heavy atom. The highest BCUT2D eigenvalue weighted by molar-refractivity contribution is 5.82. The third-order valence-corrected chi connectivity index (χ3v) is 3.98. The molecular weight excluding hydrogens is 214 g/mol. The van der Waals surface area contributed by atoms with Crippen molar-refractivity contribution in [3.8, 4) is 0 Å². The minimum absolute atomic E-state index is 0.0465. The fourth-order valence-corrected chi connectivity index (χ4v) is 2.79. The van der Waals surface area contributed by atoms with Crippen LogP contribution < -0.4 is 16.0 Å². The molecule has 1 aliphatic heterocycles. The summed E-state index contributed by atoms with van der Waals surface area (Å²) < 4.78 is 0. The lowest BCUT2D eigenvalue weighted by Gasteiger charge is -2.28. The Morgan fingerprint density at radius 1 is 1.24 bits per heavy atom. The van der Waals surface area contributed by atoms with Crippen LogP contribution in [0.5, 0.6) is 0 Å². The van der Waals surface area contributed by atoms with Crippen molar-refractivity contribution in [3.63, 3.8) is 0 Å². The van der Waals surface area contributed by atoms with Gasteiger partial charge in [-0.2, -0.15) is 0 Å². The molecule has 3 N–H and O–H groups in total. The predicted octanol–water partition coefficient (Wildman–Crippen LogP) is 0.633. The predicted molar refractivity (Wildman–Crippen MR) is 68.8 cm³/mol. The molecule has 2 fully saturated rings. The van der Waals surface area contributed by atoms with Crippen LogP contribution in [0, 0.1) is 5.92 Å². The molecule has 2 atom stereocenters. The first-order chi connectivity index (χ1) is 8.25. The van der Waals surface area contributed by atoms with Crippen LogP contribution in [0.15, 0.2) is 0 Å². The molecular formula is C13H25N3O. The number of hydrogen-bond donors (Lipinski definition) is 3. The quantitative estimate of drug-likeness (QED) is 0.674. The molecule has 0 spiro atoms. The number of carbonyl (C=O) groups is 1. The molecule has 0 aromatic rings. The molecule has 2 aliphatic rings. The fourth-order valence-electron chi connectivity index (χ4n) is 2.79. The summed E-state index contributed by atoms with van der Waals surface area (Å²) in [6, 6.07) is 0.423. The van der Waals surface area contributed by atoms with Crippen LogP contribution >= 0.6 is 0 Å². The molecule has 98 valence electrons. The van der Waals surface area contributed by atoms with Crippen LogP contribution in [0.25, 0.3) is 0 Å². The molecule has 0 bridgehead atoms. The Labute approximate surface area is 104 Å². The molecule has 17 heavy (non-hydrogen) atoms. The SMILES string of the molecule is CC1CNC(C(=O)NCCC2CCCC2)CN1. The standard InChI is InChI=1S/C13H25N3O/c1-10-8-16-12(9-15-10)13(17)14-7-6-11-4-2-3-5-11/h10-12,15-16H,2-9H2,1H3,(H,14,17). The number of nitrogens with one attached hydrogen (secondary N) is 3. The van der Waals surface area contributed by atoms with Crippen LogP contribution in [-0.4, -0.2) is 37.6 Å². The monoisotopic (exact) mass is 239 g/mol. The minimum atomic E-state index is -0.0465. The lowest BCUT2D eigenvalue weighted by atomic mass is 10.0. The molecule has 1 saturated heterocycles. The van der Waals surface area contributed by atoms with Gasteiger partial charge in [-0.15, -0.1) is 0 Å². The van der Waals surface area contributed by atoms with E-state index >= 15 is 0 Å². The first-order valence-electron chi connectivity index (χ1n) is 7.00. The highest BCUT2D eigenvalue weighted by Gasteiger charge is 2.23. The molecule has 1 aliphatic carbocycles. The van der Waals surface area contributed by atoms with Crippen molar-refractivity contribution in [1.29, 1.82) is 0 Å².